The van der Waals surface area contributed by atoms with Gasteiger partial charge in [-0.3, -0.25) is 4.79 Å². The van der Waals surface area contributed by atoms with Crippen LogP contribution < -0.4 is 20.1 Å². The molecule has 0 aliphatic carbocycles. The summed E-state index contributed by atoms with van der Waals surface area (Å²) in [5.41, 5.74) is 0.908. The minimum atomic E-state index is -0.179. The molecular formula is C20H31N3O4. The number of rotatable bonds is 8. The number of carbonyl (C=O) groups is 2. The molecule has 3 amide bonds. The van der Waals surface area contributed by atoms with Crippen molar-refractivity contribution in [3.05, 3.63) is 23.8 Å². The monoisotopic (exact) mass is 377 g/mol. The molecule has 1 atom stereocenters. The number of hydrogen-bond acceptors (Lipinski definition) is 4. The Labute approximate surface area is 161 Å². The topological polar surface area (TPSA) is 79.9 Å². The van der Waals surface area contributed by atoms with Crippen LogP contribution in [0.1, 0.15) is 39.2 Å². The van der Waals surface area contributed by atoms with E-state index < -0.39 is 0 Å². The van der Waals surface area contributed by atoms with Crippen molar-refractivity contribution in [2.24, 2.45) is 5.92 Å². The molecule has 0 aromatic heterocycles. The van der Waals surface area contributed by atoms with Crippen molar-refractivity contribution in [1.29, 1.82) is 0 Å². The summed E-state index contributed by atoms with van der Waals surface area (Å²) < 4.78 is 10.9. The number of methoxy groups -OCH3 is 1. The molecule has 0 radical (unpaired) electrons. The SMILES string of the molecule is CCNC(=O)COc1ccc(CNC(=O)N2CCCC2C(C)C)cc1OC. The van der Waals surface area contributed by atoms with E-state index in [-0.39, 0.29) is 18.5 Å². The first-order chi connectivity index (χ1) is 13.0. The number of benzene rings is 1. The maximum atomic E-state index is 12.5. The van der Waals surface area contributed by atoms with E-state index in [1.54, 1.807) is 13.2 Å². The highest BCUT2D eigenvalue weighted by molar-refractivity contribution is 5.77. The van der Waals surface area contributed by atoms with Gasteiger partial charge in [0.05, 0.1) is 7.11 Å². The van der Waals surface area contributed by atoms with Gasteiger partial charge >= 0.3 is 6.03 Å². The summed E-state index contributed by atoms with van der Waals surface area (Å²) in [6, 6.07) is 5.72. The third-order valence-corrected chi connectivity index (χ3v) is 4.73. The highest BCUT2D eigenvalue weighted by Crippen LogP contribution is 2.28. The molecule has 0 spiro atoms. The molecule has 1 fully saturated rings. The Kier molecular flexibility index (Phi) is 7.76. The second-order valence-corrected chi connectivity index (χ2v) is 7.03. The van der Waals surface area contributed by atoms with Crippen LogP contribution in [-0.4, -0.2) is 49.7 Å². The van der Waals surface area contributed by atoms with Gasteiger partial charge in [-0.05, 0) is 43.4 Å². The molecule has 7 heteroatoms. The number of carbonyl (C=O) groups excluding carboxylic acids is 2. The molecular weight excluding hydrogens is 346 g/mol. The van der Waals surface area contributed by atoms with Crippen molar-refractivity contribution >= 4 is 11.9 Å². The fourth-order valence-electron chi connectivity index (χ4n) is 3.35. The van der Waals surface area contributed by atoms with E-state index in [0.717, 1.165) is 24.9 Å². The number of likely N-dealkylation sites (tertiary alicyclic amines) is 1. The van der Waals surface area contributed by atoms with Gasteiger partial charge in [0, 0.05) is 25.7 Å². The average molecular weight is 377 g/mol. The van der Waals surface area contributed by atoms with Crippen LogP contribution in [0, 0.1) is 5.92 Å². The van der Waals surface area contributed by atoms with Gasteiger partial charge in [0.15, 0.2) is 18.1 Å². The van der Waals surface area contributed by atoms with Gasteiger partial charge in [-0.25, -0.2) is 4.79 Å². The number of likely N-dealkylation sites (N-methyl/N-ethyl adjacent to an activating group) is 1. The summed E-state index contributed by atoms with van der Waals surface area (Å²) in [6.07, 6.45) is 2.12. The summed E-state index contributed by atoms with van der Waals surface area (Å²) in [5.74, 6) is 1.31. The van der Waals surface area contributed by atoms with Gasteiger partial charge in [-0.2, -0.15) is 0 Å². The normalized spacial score (nSPS) is 16.3. The van der Waals surface area contributed by atoms with Gasteiger partial charge in [-0.15, -0.1) is 0 Å². The smallest absolute Gasteiger partial charge is 0.317 e. The van der Waals surface area contributed by atoms with Crippen molar-refractivity contribution in [3.8, 4) is 11.5 Å². The molecule has 2 N–H and O–H groups in total. The summed E-state index contributed by atoms with van der Waals surface area (Å²) in [4.78, 5) is 26.0. The van der Waals surface area contributed by atoms with E-state index in [2.05, 4.69) is 24.5 Å². The number of urea groups is 1. The molecule has 1 aromatic rings. The molecule has 150 valence electrons. The van der Waals surface area contributed by atoms with E-state index >= 15 is 0 Å². The van der Waals surface area contributed by atoms with Crippen molar-refractivity contribution in [2.75, 3.05) is 26.8 Å². The van der Waals surface area contributed by atoms with Crippen molar-refractivity contribution in [2.45, 2.75) is 46.2 Å². The Morgan fingerprint density at radius 1 is 1.26 bits per heavy atom. The lowest BCUT2D eigenvalue weighted by Crippen LogP contribution is -2.44. The lowest BCUT2D eigenvalue weighted by molar-refractivity contribution is -0.123. The zero-order valence-electron chi connectivity index (χ0n) is 16.7. The lowest BCUT2D eigenvalue weighted by atomic mass is 10.0. The highest BCUT2D eigenvalue weighted by Gasteiger charge is 2.30. The van der Waals surface area contributed by atoms with E-state index in [0.29, 0.717) is 36.5 Å². The lowest BCUT2D eigenvalue weighted by Gasteiger charge is -2.27. The minimum Gasteiger partial charge on any atom is -0.493 e. The maximum absolute atomic E-state index is 12.5. The van der Waals surface area contributed by atoms with Gasteiger partial charge in [0.1, 0.15) is 0 Å². The second kappa shape index (κ2) is 10.0. The summed E-state index contributed by atoms with van der Waals surface area (Å²) in [6.45, 7) is 7.88. The molecule has 1 aliphatic heterocycles. The third-order valence-electron chi connectivity index (χ3n) is 4.73. The molecule has 7 nitrogen and oxygen atoms in total. The van der Waals surface area contributed by atoms with E-state index in [4.69, 9.17) is 9.47 Å². The zero-order chi connectivity index (χ0) is 19.8. The number of nitrogens with one attached hydrogen (secondary N) is 2. The first-order valence-corrected chi connectivity index (χ1v) is 9.57. The molecule has 1 heterocycles. The van der Waals surface area contributed by atoms with Crippen molar-refractivity contribution < 1.29 is 19.1 Å². The van der Waals surface area contributed by atoms with Crippen molar-refractivity contribution in [3.63, 3.8) is 0 Å². The first-order valence-electron chi connectivity index (χ1n) is 9.57. The average Bonchev–Trinajstić information content (AvgIpc) is 3.15. The van der Waals surface area contributed by atoms with Gasteiger partial charge in [-0.1, -0.05) is 19.9 Å². The van der Waals surface area contributed by atoms with Crippen LogP contribution in [0.4, 0.5) is 4.79 Å². The van der Waals surface area contributed by atoms with Crippen LogP contribution in [0.3, 0.4) is 0 Å². The summed E-state index contributed by atoms with van der Waals surface area (Å²) >= 11 is 0. The largest absolute Gasteiger partial charge is 0.493 e. The fraction of sp³-hybridized carbons (Fsp3) is 0.600. The second-order valence-electron chi connectivity index (χ2n) is 7.03. The Morgan fingerprint density at radius 3 is 2.70 bits per heavy atom. The van der Waals surface area contributed by atoms with Crippen LogP contribution in [-0.2, 0) is 11.3 Å². The van der Waals surface area contributed by atoms with Gasteiger partial charge in [0.2, 0.25) is 0 Å². The van der Waals surface area contributed by atoms with Crippen LogP contribution in [0.15, 0.2) is 18.2 Å². The third kappa shape index (κ3) is 5.77. The minimum absolute atomic E-state index is 0.0262. The molecule has 1 unspecified atom stereocenters. The van der Waals surface area contributed by atoms with Crippen LogP contribution in [0.5, 0.6) is 11.5 Å². The van der Waals surface area contributed by atoms with Crippen molar-refractivity contribution in [1.82, 2.24) is 15.5 Å². The van der Waals surface area contributed by atoms with E-state index in [1.165, 1.54) is 0 Å². The maximum Gasteiger partial charge on any atom is 0.317 e. The van der Waals surface area contributed by atoms with Crippen LogP contribution >= 0.6 is 0 Å². The summed E-state index contributed by atoms with van der Waals surface area (Å²) in [7, 11) is 1.55. The Balaban J connectivity index is 1.93. The van der Waals surface area contributed by atoms with E-state index in [9.17, 15) is 9.59 Å². The zero-order valence-corrected chi connectivity index (χ0v) is 16.7. The van der Waals surface area contributed by atoms with Crippen LogP contribution in [0.25, 0.3) is 0 Å². The standard InChI is InChI=1S/C20H31N3O4/c1-5-21-19(24)13-27-17-9-8-15(11-18(17)26-4)12-22-20(25)23-10-6-7-16(23)14(2)3/h8-9,11,14,16H,5-7,10,12-13H2,1-4H3,(H,21,24)(H,22,25). The molecule has 1 aromatic carbocycles. The molecule has 1 saturated heterocycles. The Morgan fingerprint density at radius 2 is 2.04 bits per heavy atom. The predicted molar refractivity (Wildman–Crippen MR) is 104 cm³/mol. The highest BCUT2D eigenvalue weighted by atomic mass is 16.5. The van der Waals surface area contributed by atoms with Gasteiger partial charge < -0.3 is 25.0 Å². The summed E-state index contributed by atoms with van der Waals surface area (Å²) in [5, 5.41) is 5.67. The molecule has 1 aliphatic rings. The first kappa shape index (κ1) is 20.9. The molecule has 0 saturated carbocycles. The number of amides is 3. The predicted octanol–water partition coefficient (Wildman–Crippen LogP) is 2.54. The quantitative estimate of drug-likeness (QED) is 0.730. The number of ether oxygens (including phenoxy) is 2. The van der Waals surface area contributed by atoms with Crippen LogP contribution in [0.2, 0.25) is 0 Å². The van der Waals surface area contributed by atoms with Gasteiger partial charge in [0.25, 0.3) is 5.91 Å². The number of nitrogens with zero attached hydrogens (tertiary/aromatic N) is 1. The Bertz CT molecular complexity index is 648. The fourth-order valence-corrected chi connectivity index (χ4v) is 3.35. The molecule has 2 rings (SSSR count). The molecule has 0 bridgehead atoms. The molecule has 27 heavy (non-hydrogen) atoms. The van der Waals surface area contributed by atoms with E-state index in [1.807, 2.05) is 24.0 Å². The Hall–Kier alpha value is -2.44. The number of hydrogen-bond donors (Lipinski definition) is 2.